The molecule has 21 heavy (non-hydrogen) atoms. The lowest BCUT2D eigenvalue weighted by Gasteiger charge is -2.37. The first-order chi connectivity index (χ1) is 9.57. The summed E-state index contributed by atoms with van der Waals surface area (Å²) in [5, 5.41) is 0. The van der Waals surface area contributed by atoms with Crippen molar-refractivity contribution in [3.63, 3.8) is 0 Å². The Kier molecular flexibility index (Phi) is 15.2. The molecule has 0 amide bonds. The van der Waals surface area contributed by atoms with Gasteiger partial charge in [-0.15, -0.1) is 0 Å². The minimum atomic E-state index is -2.44. The molecule has 0 saturated heterocycles. The molecule has 0 aromatic carbocycles. The third kappa shape index (κ3) is 8.27. The van der Waals surface area contributed by atoms with Crippen LogP contribution in [-0.4, -0.2) is 59.3 Å². The van der Waals surface area contributed by atoms with E-state index in [1.54, 1.807) is 0 Å². The van der Waals surface area contributed by atoms with E-state index < -0.39 is 8.80 Å². The van der Waals surface area contributed by atoms with Crippen molar-refractivity contribution in [2.45, 2.75) is 54.0 Å². The summed E-state index contributed by atoms with van der Waals surface area (Å²) in [6, 6.07) is 0.933. The van der Waals surface area contributed by atoms with Gasteiger partial charge in [0.25, 0.3) is 0 Å². The van der Waals surface area contributed by atoms with Gasteiger partial charge >= 0.3 is 8.80 Å². The van der Waals surface area contributed by atoms with Gasteiger partial charge in [0, 0.05) is 32.3 Å². The Morgan fingerprint density at radius 3 is 1.38 bits per heavy atom. The van der Waals surface area contributed by atoms with Crippen molar-refractivity contribution in [3.05, 3.63) is 0 Å². The molecule has 0 aliphatic rings. The zero-order valence-electron chi connectivity index (χ0n) is 14.9. The van der Waals surface area contributed by atoms with E-state index in [1.807, 2.05) is 20.8 Å². The lowest BCUT2D eigenvalue weighted by atomic mass is 10.3. The van der Waals surface area contributed by atoms with Gasteiger partial charge in [0.15, 0.2) is 0 Å². The lowest BCUT2D eigenvalue weighted by molar-refractivity contribution is -0.923. The summed E-state index contributed by atoms with van der Waals surface area (Å²) in [6.45, 7) is 19.7. The zero-order valence-corrected chi connectivity index (χ0v) is 18.1. The minimum Gasteiger partial charge on any atom is -1.00 e. The molecule has 4 nitrogen and oxygen atoms in total. The summed E-state index contributed by atoms with van der Waals surface area (Å²) >= 11 is 0. The molecule has 0 fully saturated rings. The van der Waals surface area contributed by atoms with Crippen molar-refractivity contribution in [2.24, 2.45) is 0 Å². The molecule has 6 heteroatoms. The van der Waals surface area contributed by atoms with E-state index in [-0.39, 0.29) is 24.0 Å². The molecule has 0 aliphatic carbocycles. The van der Waals surface area contributed by atoms with Crippen LogP contribution < -0.4 is 24.0 Å². The van der Waals surface area contributed by atoms with Gasteiger partial charge in [-0.2, -0.15) is 0 Å². The predicted molar refractivity (Wildman–Crippen MR) is 86.8 cm³/mol. The van der Waals surface area contributed by atoms with Crippen molar-refractivity contribution in [1.29, 1.82) is 0 Å². The average molecular weight is 433 g/mol. The molecular formula is C15H36INO3Si. The second-order valence-corrected chi connectivity index (χ2v) is 7.83. The van der Waals surface area contributed by atoms with Crippen LogP contribution in [0.1, 0.15) is 48.0 Å². The smallest absolute Gasteiger partial charge is 0.501 e. The highest BCUT2D eigenvalue weighted by atomic mass is 127. The molecule has 0 unspecified atom stereocenters. The van der Waals surface area contributed by atoms with Crippen LogP contribution in [0, 0.1) is 0 Å². The van der Waals surface area contributed by atoms with Gasteiger partial charge in [0.2, 0.25) is 0 Å². The topological polar surface area (TPSA) is 27.7 Å². The molecule has 0 radical (unpaired) electrons. The Labute approximate surface area is 150 Å². The second-order valence-electron chi connectivity index (χ2n) is 5.10. The number of nitrogens with zero attached hydrogens (tertiary/aromatic N) is 1. The molecule has 0 N–H and O–H groups in total. The summed E-state index contributed by atoms with van der Waals surface area (Å²) in [6.07, 6.45) is 1.11. The second kappa shape index (κ2) is 13.2. The fourth-order valence-corrected chi connectivity index (χ4v) is 5.37. The average Bonchev–Trinajstić information content (AvgIpc) is 2.45. The standard InChI is InChI=1S/C15H36NO3Si.HI/c1-7-16(8-2,9-3)14-13-15-20(17-10-4,18-11-5)19-12-6;/h7-15H2,1-6H3;1H/q+1;/p-1. The molecule has 0 aromatic rings. The van der Waals surface area contributed by atoms with Gasteiger partial charge in [0.05, 0.1) is 26.2 Å². The third-order valence-corrected chi connectivity index (χ3v) is 7.37. The zero-order chi connectivity index (χ0) is 15.5. The summed E-state index contributed by atoms with van der Waals surface area (Å²) in [4.78, 5) is 0. The molecule has 0 atom stereocenters. The van der Waals surface area contributed by atoms with Gasteiger partial charge in [-0.3, -0.25) is 0 Å². The van der Waals surface area contributed by atoms with Gasteiger partial charge in [-0.1, -0.05) is 0 Å². The Balaban J connectivity index is 0. The summed E-state index contributed by atoms with van der Waals surface area (Å²) < 4.78 is 18.9. The van der Waals surface area contributed by atoms with E-state index in [0.29, 0.717) is 19.8 Å². The Morgan fingerprint density at radius 2 is 1.10 bits per heavy atom. The predicted octanol–water partition coefficient (Wildman–Crippen LogP) is 0.305. The van der Waals surface area contributed by atoms with Crippen LogP contribution in [0.25, 0.3) is 0 Å². The van der Waals surface area contributed by atoms with Crippen molar-refractivity contribution in [3.8, 4) is 0 Å². The highest BCUT2D eigenvalue weighted by Crippen LogP contribution is 2.20. The Bertz CT molecular complexity index is 216. The number of halogens is 1. The molecule has 0 saturated carbocycles. The third-order valence-electron chi connectivity index (χ3n) is 4.22. The van der Waals surface area contributed by atoms with E-state index in [2.05, 4.69) is 20.8 Å². The fourth-order valence-electron chi connectivity index (χ4n) is 2.78. The van der Waals surface area contributed by atoms with E-state index in [9.17, 15) is 0 Å². The maximum Gasteiger partial charge on any atom is 0.501 e. The monoisotopic (exact) mass is 433 g/mol. The summed E-state index contributed by atoms with van der Waals surface area (Å²) in [5.41, 5.74) is 0. The van der Waals surface area contributed by atoms with E-state index in [1.165, 1.54) is 30.7 Å². The van der Waals surface area contributed by atoms with E-state index >= 15 is 0 Å². The molecule has 0 aliphatic heterocycles. The first kappa shape index (κ1) is 24.0. The Morgan fingerprint density at radius 1 is 0.714 bits per heavy atom. The molecule has 130 valence electrons. The number of hydrogen-bond donors (Lipinski definition) is 0. The summed E-state index contributed by atoms with van der Waals surface area (Å²) in [5.74, 6) is 0. The van der Waals surface area contributed by atoms with Gasteiger partial charge in [-0.25, -0.2) is 0 Å². The molecule has 0 spiro atoms. The maximum atomic E-state index is 5.91. The van der Waals surface area contributed by atoms with Crippen LogP contribution in [0.4, 0.5) is 0 Å². The molecular weight excluding hydrogens is 397 g/mol. The van der Waals surface area contributed by atoms with Crippen LogP contribution in [0.3, 0.4) is 0 Å². The molecule has 0 rings (SSSR count). The van der Waals surface area contributed by atoms with E-state index in [0.717, 1.165) is 12.5 Å². The largest absolute Gasteiger partial charge is 1.00 e. The van der Waals surface area contributed by atoms with Crippen LogP contribution in [0.15, 0.2) is 0 Å². The molecule has 0 bridgehead atoms. The number of rotatable bonds is 13. The molecule has 0 heterocycles. The van der Waals surface area contributed by atoms with E-state index in [4.69, 9.17) is 13.3 Å². The van der Waals surface area contributed by atoms with Crippen LogP contribution in [0.2, 0.25) is 6.04 Å². The van der Waals surface area contributed by atoms with Crippen LogP contribution in [-0.2, 0) is 13.3 Å². The van der Waals surface area contributed by atoms with Crippen molar-refractivity contribution >= 4 is 8.80 Å². The SMILES string of the molecule is CCO[Si](CCC[N+](CC)(CC)CC)(OCC)OCC.[I-]. The quantitative estimate of drug-likeness (QED) is 0.238. The minimum absolute atomic E-state index is 0. The number of quaternary nitrogens is 1. The first-order valence-corrected chi connectivity index (χ1v) is 10.3. The van der Waals surface area contributed by atoms with Crippen LogP contribution in [0.5, 0.6) is 0 Å². The van der Waals surface area contributed by atoms with Gasteiger partial charge in [-0.05, 0) is 41.5 Å². The summed E-state index contributed by atoms with van der Waals surface area (Å²) in [7, 11) is -2.44. The first-order valence-electron chi connectivity index (χ1n) is 8.34. The lowest BCUT2D eigenvalue weighted by Crippen LogP contribution is -3.00. The van der Waals surface area contributed by atoms with Crippen molar-refractivity contribution in [2.75, 3.05) is 46.0 Å². The molecule has 0 aromatic heterocycles. The maximum absolute atomic E-state index is 5.91. The van der Waals surface area contributed by atoms with Gasteiger partial charge < -0.3 is 41.7 Å². The highest BCUT2D eigenvalue weighted by Gasteiger charge is 2.40. The van der Waals surface area contributed by atoms with Crippen LogP contribution >= 0.6 is 0 Å². The van der Waals surface area contributed by atoms with Crippen molar-refractivity contribution in [1.82, 2.24) is 0 Å². The highest BCUT2D eigenvalue weighted by molar-refractivity contribution is 6.60. The normalized spacial score (nSPS) is 12.3. The number of hydrogen-bond acceptors (Lipinski definition) is 3. The Hall–Kier alpha value is 0.787. The fraction of sp³-hybridized carbons (Fsp3) is 1.00. The van der Waals surface area contributed by atoms with Crippen molar-refractivity contribution < 1.29 is 41.7 Å². The van der Waals surface area contributed by atoms with Gasteiger partial charge in [0.1, 0.15) is 0 Å².